The predicted octanol–water partition coefficient (Wildman–Crippen LogP) is 16.7. The summed E-state index contributed by atoms with van der Waals surface area (Å²) in [6, 6.07) is 14.6. The molecule has 2 aromatic carbocycles. The summed E-state index contributed by atoms with van der Waals surface area (Å²) in [5.41, 5.74) is 1.82. The van der Waals surface area contributed by atoms with Gasteiger partial charge in [0.2, 0.25) is 0 Å². The van der Waals surface area contributed by atoms with E-state index >= 15 is 0 Å². The Morgan fingerprint density at radius 2 is 0.863 bits per heavy atom. The fourth-order valence-electron chi connectivity index (χ4n) is 8.60. The van der Waals surface area contributed by atoms with Gasteiger partial charge in [0.25, 0.3) is 0 Å². The first-order valence-electron chi connectivity index (χ1n) is 30.5. The summed E-state index contributed by atoms with van der Waals surface area (Å²) >= 11 is 0. The maximum Gasteiger partial charge on any atom is 0.410 e. The molecule has 0 spiro atoms. The molecule has 452 valence electrons. The second-order valence-corrected chi connectivity index (χ2v) is 22.9. The second-order valence-electron chi connectivity index (χ2n) is 22.9. The predicted molar refractivity (Wildman–Crippen MR) is 321 cm³/mol. The molecule has 80 heavy (non-hydrogen) atoms. The molecule has 2 amide bonds. The lowest BCUT2D eigenvalue weighted by Gasteiger charge is -2.27. The number of allylic oxidation sites excluding steroid dienone is 2. The molecule has 0 bridgehead atoms. The Hall–Kier alpha value is -5.66. The molecule has 14 nitrogen and oxygen atoms in total. The van der Waals surface area contributed by atoms with Crippen LogP contribution in [0.3, 0.4) is 0 Å². The van der Waals surface area contributed by atoms with Gasteiger partial charge in [0.15, 0.2) is 0 Å². The normalized spacial score (nSPS) is 11.5. The van der Waals surface area contributed by atoms with Crippen LogP contribution < -0.4 is 0 Å². The number of hydrogen-bond acceptors (Lipinski definition) is 10. The van der Waals surface area contributed by atoms with Crippen molar-refractivity contribution in [2.24, 2.45) is 0 Å². The standard InChI is InChI=1S/C42H69NO6.C24H37NO6/c1-6-8-10-12-14-19-25-34-47-39(44)31-21-17-16-18-23-32-43(41(46)49-42(3,4)5)33-24-22-28-37-29-27-30-38(36-37)40(45)48-35-26-20-15-13-11-9-7-2;1-24(2,3)31-23(30)25(16-9-6-4-5-7-15-21(26)27)17-10-8-12-19-13-11-14-20(18-19)22(28)29/h19-20,25-27,29-30,36H,6-18,21-24,28,31-35H2,1-5H3;11,13-14,18H,4-10,12,15-17H2,1-3H3,(H,26,27)(H,28,29)/b25-19-,26-20-;. The molecule has 0 saturated heterocycles. The number of aryl methyl sites for hydroxylation is 2. The lowest BCUT2D eigenvalue weighted by atomic mass is 10.0. The number of carbonyl (C=O) groups is 6. The molecular formula is C66H106N2O12. The molecule has 0 fully saturated rings. The Morgan fingerprint density at radius 1 is 0.463 bits per heavy atom. The van der Waals surface area contributed by atoms with Crippen molar-refractivity contribution >= 4 is 36.1 Å². The lowest BCUT2D eigenvalue weighted by molar-refractivity contribution is -0.142. The Balaban J connectivity index is 0.000000885. The molecule has 0 aromatic heterocycles. The van der Waals surface area contributed by atoms with E-state index in [1.807, 2.05) is 82.9 Å². The topological polar surface area (TPSA) is 186 Å². The highest BCUT2D eigenvalue weighted by Crippen LogP contribution is 2.18. The molecule has 0 atom stereocenters. The number of benzene rings is 2. The first-order chi connectivity index (χ1) is 38.2. The first-order valence-corrected chi connectivity index (χ1v) is 30.5. The number of carbonyl (C=O) groups excluding carboxylic acids is 4. The Kier molecular flexibility index (Phi) is 40.7. The summed E-state index contributed by atoms with van der Waals surface area (Å²) in [5.74, 6) is -2.12. The Morgan fingerprint density at radius 3 is 1.31 bits per heavy atom. The van der Waals surface area contributed by atoms with E-state index in [1.54, 1.807) is 29.2 Å². The number of aromatic carboxylic acids is 1. The monoisotopic (exact) mass is 1120 g/mol. The molecule has 0 heterocycles. The van der Waals surface area contributed by atoms with Gasteiger partial charge < -0.3 is 39.0 Å². The third-order valence-electron chi connectivity index (χ3n) is 13.0. The summed E-state index contributed by atoms with van der Waals surface area (Å²) in [5, 5.41) is 17.8. The fraction of sp³-hybridized carbons (Fsp3) is 0.667. The van der Waals surface area contributed by atoms with Crippen LogP contribution in [0.15, 0.2) is 72.8 Å². The number of carboxylic acid groups (broad SMARTS) is 2. The van der Waals surface area contributed by atoms with Gasteiger partial charge in [-0.15, -0.1) is 0 Å². The van der Waals surface area contributed by atoms with Crippen molar-refractivity contribution in [3.63, 3.8) is 0 Å². The third-order valence-corrected chi connectivity index (χ3v) is 13.0. The summed E-state index contributed by atoms with van der Waals surface area (Å²) in [6.07, 6.45) is 34.1. The zero-order valence-corrected chi connectivity index (χ0v) is 50.8. The van der Waals surface area contributed by atoms with E-state index in [1.165, 1.54) is 51.4 Å². The van der Waals surface area contributed by atoms with Gasteiger partial charge in [-0.3, -0.25) is 9.59 Å². The molecule has 0 aliphatic rings. The van der Waals surface area contributed by atoms with Crippen molar-refractivity contribution in [1.82, 2.24) is 9.80 Å². The van der Waals surface area contributed by atoms with Crippen molar-refractivity contribution in [2.45, 2.75) is 246 Å². The van der Waals surface area contributed by atoms with Crippen LogP contribution >= 0.6 is 0 Å². The molecular weight excluding hydrogens is 1010 g/mol. The molecule has 0 aliphatic heterocycles. The van der Waals surface area contributed by atoms with Crippen LogP contribution in [0.1, 0.15) is 254 Å². The van der Waals surface area contributed by atoms with Crippen molar-refractivity contribution < 1.29 is 57.9 Å². The summed E-state index contributed by atoms with van der Waals surface area (Å²) < 4.78 is 22.0. The number of ether oxygens (including phenoxy) is 4. The molecule has 2 N–H and O–H groups in total. The summed E-state index contributed by atoms with van der Waals surface area (Å²) in [7, 11) is 0. The Bertz CT molecular complexity index is 2070. The van der Waals surface area contributed by atoms with Crippen LogP contribution in [0.2, 0.25) is 0 Å². The smallest absolute Gasteiger partial charge is 0.410 e. The molecule has 14 heteroatoms. The number of carboxylic acids is 2. The Labute approximate surface area is 482 Å². The average Bonchev–Trinajstić information content (AvgIpc) is 3.39. The zero-order chi connectivity index (χ0) is 59.3. The summed E-state index contributed by atoms with van der Waals surface area (Å²) in [4.78, 5) is 75.3. The van der Waals surface area contributed by atoms with Crippen LogP contribution in [0.25, 0.3) is 0 Å². The zero-order valence-electron chi connectivity index (χ0n) is 50.8. The van der Waals surface area contributed by atoms with E-state index in [-0.39, 0.29) is 36.1 Å². The molecule has 0 unspecified atom stereocenters. The van der Waals surface area contributed by atoms with Crippen molar-refractivity contribution in [1.29, 1.82) is 0 Å². The molecule has 0 saturated carbocycles. The minimum absolute atomic E-state index is 0.130. The van der Waals surface area contributed by atoms with Crippen molar-refractivity contribution in [3.8, 4) is 0 Å². The first kappa shape index (κ1) is 72.4. The molecule has 2 aromatic rings. The van der Waals surface area contributed by atoms with Gasteiger partial charge in [-0.2, -0.15) is 0 Å². The van der Waals surface area contributed by atoms with Gasteiger partial charge in [-0.05, 0) is 167 Å². The van der Waals surface area contributed by atoms with Gasteiger partial charge in [0.05, 0.1) is 11.1 Å². The number of hydrogen-bond donors (Lipinski definition) is 2. The number of nitrogens with zero attached hydrogens (tertiary/aromatic N) is 2. The molecule has 0 radical (unpaired) electrons. The van der Waals surface area contributed by atoms with E-state index in [9.17, 15) is 28.8 Å². The van der Waals surface area contributed by atoms with E-state index in [0.29, 0.717) is 57.8 Å². The SMILES string of the molecule is CC(C)(C)OC(=O)N(CCCCCCCC(=O)O)CCCCc1cccc(C(=O)O)c1.CCCCCC/C=C\COC(=O)CCCCCCCN(CCCCc1cccc(C(=O)OC/C=C\CCCCCC)c1)C(=O)OC(C)(C)C. The minimum Gasteiger partial charge on any atom is -0.481 e. The maximum absolute atomic E-state index is 12.9. The van der Waals surface area contributed by atoms with Crippen molar-refractivity contribution in [2.75, 3.05) is 39.4 Å². The molecule has 2 rings (SSSR count). The van der Waals surface area contributed by atoms with Crippen LogP contribution in [0.5, 0.6) is 0 Å². The number of amides is 2. The van der Waals surface area contributed by atoms with Gasteiger partial charge in [-0.25, -0.2) is 19.2 Å². The average molecular weight is 1120 g/mol. The van der Waals surface area contributed by atoms with Crippen molar-refractivity contribution in [3.05, 3.63) is 95.1 Å². The highest BCUT2D eigenvalue weighted by molar-refractivity contribution is 5.89. The van der Waals surface area contributed by atoms with Gasteiger partial charge in [0.1, 0.15) is 24.4 Å². The third kappa shape index (κ3) is 41.4. The van der Waals surface area contributed by atoms with Crippen LogP contribution in [-0.4, -0.2) is 107 Å². The molecule has 0 aliphatic carbocycles. The van der Waals surface area contributed by atoms with Gasteiger partial charge in [-0.1, -0.05) is 139 Å². The van der Waals surface area contributed by atoms with Gasteiger partial charge >= 0.3 is 36.1 Å². The second kappa shape index (κ2) is 45.0. The van der Waals surface area contributed by atoms with Crippen LogP contribution in [0.4, 0.5) is 9.59 Å². The number of esters is 2. The number of aliphatic carboxylic acids is 1. The fourth-order valence-corrected chi connectivity index (χ4v) is 8.60. The van der Waals surface area contributed by atoms with E-state index < -0.39 is 23.1 Å². The van der Waals surface area contributed by atoms with Crippen LogP contribution in [-0.2, 0) is 41.4 Å². The summed E-state index contributed by atoms with van der Waals surface area (Å²) in [6.45, 7) is 18.8. The van der Waals surface area contributed by atoms with E-state index in [0.717, 1.165) is 120 Å². The largest absolute Gasteiger partial charge is 0.481 e. The van der Waals surface area contributed by atoms with E-state index in [2.05, 4.69) is 26.0 Å². The maximum atomic E-state index is 12.9. The highest BCUT2D eigenvalue weighted by Gasteiger charge is 2.23. The minimum atomic E-state index is -0.930. The highest BCUT2D eigenvalue weighted by atomic mass is 16.6. The number of rotatable bonds is 42. The van der Waals surface area contributed by atoms with Gasteiger partial charge in [0, 0.05) is 39.0 Å². The quantitative estimate of drug-likeness (QED) is 0.0278. The van der Waals surface area contributed by atoms with Crippen LogP contribution in [0, 0.1) is 0 Å². The van der Waals surface area contributed by atoms with E-state index in [4.69, 9.17) is 29.2 Å². The lowest BCUT2D eigenvalue weighted by Crippen LogP contribution is -2.38. The number of unbranched alkanes of at least 4 members (excludes halogenated alkanes) is 18.